The molecule has 0 aliphatic carbocycles. The van der Waals surface area contributed by atoms with Crippen molar-refractivity contribution in [1.29, 1.82) is 0 Å². The van der Waals surface area contributed by atoms with Crippen molar-refractivity contribution in [3.63, 3.8) is 0 Å². The number of ketones is 1. The number of anilines is 2. The Balaban J connectivity index is 0.00000408. The molecular formula is C29H40IN3O. The number of rotatable bonds is 8. The highest BCUT2D eigenvalue weighted by Crippen LogP contribution is 2.26. The Morgan fingerprint density at radius 3 is 1.29 bits per heavy atom. The summed E-state index contributed by atoms with van der Waals surface area (Å²) >= 11 is 0. The van der Waals surface area contributed by atoms with Crippen molar-refractivity contribution in [3.05, 3.63) is 70.8 Å². The Morgan fingerprint density at radius 1 is 0.676 bits per heavy atom. The molecule has 0 radical (unpaired) electrons. The number of hydrogen-bond donors (Lipinski definition) is 0. The molecule has 4 nitrogen and oxygen atoms in total. The maximum absolute atomic E-state index is 13.4. The zero-order valence-electron chi connectivity index (χ0n) is 21.6. The smallest absolute Gasteiger partial charge is 0.196 e. The van der Waals surface area contributed by atoms with Crippen molar-refractivity contribution in [1.82, 2.24) is 0 Å². The van der Waals surface area contributed by atoms with Crippen LogP contribution < -0.4 is 33.8 Å². The van der Waals surface area contributed by atoms with Crippen LogP contribution in [0.15, 0.2) is 59.7 Å². The average Bonchev–Trinajstić information content (AvgIpc) is 2.80. The predicted molar refractivity (Wildman–Crippen MR) is 143 cm³/mol. The molecule has 1 aliphatic rings. The zero-order chi connectivity index (χ0) is 24.0. The van der Waals surface area contributed by atoms with Crippen molar-refractivity contribution in [2.24, 2.45) is 0 Å². The standard InChI is InChI=1S/C29H40N3O.HI/c1-7-30(8-2)27-15-11-23(12-16-27)19-25-21-32(5,6)22-26(29(25)33)20-24-13-17-28(18-14-24)31(9-3)10-4;/h11-20H,7-10,21-22H2,1-6H3;1H/q+1;/p-1. The van der Waals surface area contributed by atoms with Gasteiger partial charge in [0.25, 0.3) is 0 Å². The van der Waals surface area contributed by atoms with Gasteiger partial charge in [-0.05, 0) is 75.2 Å². The molecule has 3 rings (SSSR count). The Bertz CT molecular complexity index is 919. The number of Topliss-reactive ketones (excluding diaryl/α,β-unsaturated/α-hetero) is 1. The Morgan fingerprint density at radius 2 is 1.00 bits per heavy atom. The van der Waals surface area contributed by atoms with Gasteiger partial charge in [0.05, 0.1) is 25.2 Å². The number of hydrogen-bond acceptors (Lipinski definition) is 3. The van der Waals surface area contributed by atoms with Crippen LogP contribution in [-0.2, 0) is 4.79 Å². The number of likely N-dealkylation sites (N-methyl/N-ethyl adjacent to an activating group) is 1. The Hall–Kier alpha value is -2.12. The van der Waals surface area contributed by atoms with Gasteiger partial charge in [0.1, 0.15) is 13.1 Å². The van der Waals surface area contributed by atoms with Crippen LogP contribution in [0.1, 0.15) is 38.8 Å². The molecule has 2 aromatic rings. The summed E-state index contributed by atoms with van der Waals surface area (Å²) < 4.78 is 0.776. The second-order valence-corrected chi connectivity index (χ2v) is 9.45. The van der Waals surface area contributed by atoms with Crippen LogP contribution in [0.5, 0.6) is 0 Å². The summed E-state index contributed by atoms with van der Waals surface area (Å²) in [7, 11) is 4.39. The monoisotopic (exact) mass is 573 g/mol. The van der Waals surface area contributed by atoms with E-state index < -0.39 is 0 Å². The molecule has 2 aromatic carbocycles. The van der Waals surface area contributed by atoms with E-state index >= 15 is 0 Å². The van der Waals surface area contributed by atoms with Crippen LogP contribution in [0.3, 0.4) is 0 Å². The highest BCUT2D eigenvalue weighted by molar-refractivity contribution is 6.14. The van der Waals surface area contributed by atoms with E-state index in [0.29, 0.717) is 0 Å². The second-order valence-electron chi connectivity index (χ2n) is 9.45. The van der Waals surface area contributed by atoms with Crippen molar-refractivity contribution in [2.45, 2.75) is 27.7 Å². The molecule has 0 unspecified atom stereocenters. The average molecular weight is 574 g/mol. The van der Waals surface area contributed by atoms with Gasteiger partial charge in [-0.2, -0.15) is 0 Å². The topological polar surface area (TPSA) is 23.6 Å². The van der Waals surface area contributed by atoms with Gasteiger partial charge in [0.15, 0.2) is 5.78 Å². The minimum atomic E-state index is 0. The van der Waals surface area contributed by atoms with Crippen LogP contribution in [0.2, 0.25) is 0 Å². The van der Waals surface area contributed by atoms with E-state index in [0.717, 1.165) is 66.0 Å². The van der Waals surface area contributed by atoms with Crippen molar-refractivity contribution in [2.75, 3.05) is 63.2 Å². The fraction of sp³-hybridized carbons (Fsp3) is 0.414. The number of quaternary nitrogens is 1. The first-order valence-corrected chi connectivity index (χ1v) is 12.3. The predicted octanol–water partition coefficient (Wildman–Crippen LogP) is 2.51. The highest BCUT2D eigenvalue weighted by Gasteiger charge is 2.33. The number of piperidine rings is 1. The molecule has 34 heavy (non-hydrogen) atoms. The number of likely N-dealkylation sites (tertiary alicyclic amines) is 1. The summed E-state index contributed by atoms with van der Waals surface area (Å²) in [6.07, 6.45) is 4.15. The molecule has 0 aromatic heterocycles. The van der Waals surface area contributed by atoms with Crippen molar-refractivity contribution in [3.8, 4) is 0 Å². The third kappa shape index (κ3) is 6.95. The van der Waals surface area contributed by atoms with Gasteiger partial charge in [-0.1, -0.05) is 24.3 Å². The SMILES string of the molecule is CCN(CC)c1ccc(C=C2C[N+](C)(C)CC(=Cc3ccc(N(CC)CC)cc3)C2=O)cc1.[I-]. The maximum atomic E-state index is 13.4. The molecule has 0 saturated carbocycles. The van der Waals surface area contributed by atoms with Gasteiger partial charge < -0.3 is 38.3 Å². The van der Waals surface area contributed by atoms with Gasteiger partial charge in [-0.15, -0.1) is 0 Å². The van der Waals surface area contributed by atoms with E-state index in [2.05, 4.69) is 112 Å². The molecule has 0 spiro atoms. The van der Waals surface area contributed by atoms with Crippen molar-refractivity contribution < 1.29 is 33.3 Å². The summed E-state index contributed by atoms with van der Waals surface area (Å²) in [6.45, 7) is 14.1. The first kappa shape index (κ1) is 28.1. The minimum absolute atomic E-state index is 0. The molecular weight excluding hydrogens is 533 g/mol. The van der Waals surface area contributed by atoms with Crippen LogP contribution >= 0.6 is 0 Å². The van der Waals surface area contributed by atoms with Crippen LogP contribution in [0.4, 0.5) is 11.4 Å². The highest BCUT2D eigenvalue weighted by atomic mass is 127. The second kappa shape index (κ2) is 12.5. The van der Waals surface area contributed by atoms with Gasteiger partial charge in [0.2, 0.25) is 0 Å². The normalized spacial score (nSPS) is 17.5. The molecule has 1 saturated heterocycles. The van der Waals surface area contributed by atoms with Crippen molar-refractivity contribution >= 4 is 29.3 Å². The molecule has 184 valence electrons. The Kier molecular flexibility index (Phi) is 10.4. The quantitative estimate of drug-likeness (QED) is 0.276. The van der Waals surface area contributed by atoms with E-state index in [4.69, 9.17) is 0 Å². The molecule has 0 atom stereocenters. The third-order valence-corrected chi connectivity index (χ3v) is 6.51. The summed E-state index contributed by atoms with van der Waals surface area (Å²) in [5, 5.41) is 0. The Labute approximate surface area is 223 Å². The van der Waals surface area contributed by atoms with Gasteiger partial charge in [-0.25, -0.2) is 0 Å². The molecule has 0 amide bonds. The van der Waals surface area contributed by atoms with E-state index in [9.17, 15) is 4.79 Å². The first-order chi connectivity index (χ1) is 15.8. The fourth-order valence-corrected chi connectivity index (χ4v) is 4.69. The lowest BCUT2D eigenvalue weighted by molar-refractivity contribution is -0.881. The summed E-state index contributed by atoms with van der Waals surface area (Å²) in [6, 6.07) is 17.1. The maximum Gasteiger partial charge on any atom is 0.196 e. The first-order valence-electron chi connectivity index (χ1n) is 12.3. The number of halogens is 1. The molecule has 1 fully saturated rings. The lowest BCUT2D eigenvalue weighted by atomic mass is 9.93. The zero-order valence-corrected chi connectivity index (χ0v) is 23.8. The molecule has 1 aliphatic heterocycles. The van der Waals surface area contributed by atoms with Crippen LogP contribution in [0, 0.1) is 0 Å². The van der Waals surface area contributed by atoms with E-state index in [1.54, 1.807) is 0 Å². The van der Waals surface area contributed by atoms with Gasteiger partial charge in [0, 0.05) is 37.6 Å². The third-order valence-electron chi connectivity index (χ3n) is 6.51. The fourth-order valence-electron chi connectivity index (χ4n) is 4.69. The minimum Gasteiger partial charge on any atom is -1.00 e. The van der Waals surface area contributed by atoms with Gasteiger partial charge >= 0.3 is 0 Å². The van der Waals surface area contributed by atoms with Crippen LogP contribution in [0.25, 0.3) is 12.2 Å². The summed E-state index contributed by atoms with van der Waals surface area (Å²) in [5.74, 6) is 0.174. The molecule has 1 heterocycles. The van der Waals surface area contributed by atoms with E-state index in [1.807, 2.05) is 0 Å². The number of carbonyl (C=O) groups is 1. The molecule has 0 N–H and O–H groups in total. The molecule has 5 heteroatoms. The summed E-state index contributed by atoms with van der Waals surface area (Å²) in [4.78, 5) is 18.1. The van der Waals surface area contributed by atoms with Crippen LogP contribution in [-0.4, -0.2) is 63.6 Å². The molecule has 0 bridgehead atoms. The number of benzene rings is 2. The number of nitrogens with zero attached hydrogens (tertiary/aromatic N) is 3. The van der Waals surface area contributed by atoms with E-state index in [-0.39, 0.29) is 29.8 Å². The van der Waals surface area contributed by atoms with E-state index in [1.165, 1.54) is 11.4 Å². The largest absolute Gasteiger partial charge is 1.00 e. The lowest BCUT2D eigenvalue weighted by Gasteiger charge is -2.35. The number of carbonyl (C=O) groups excluding carboxylic acids is 1. The van der Waals surface area contributed by atoms with Gasteiger partial charge in [-0.3, -0.25) is 4.79 Å². The lowest BCUT2D eigenvalue weighted by Crippen LogP contribution is -3.00. The summed E-state index contributed by atoms with van der Waals surface area (Å²) in [5.41, 5.74) is 6.38.